The number of rotatable bonds is 6. The number of hydrogen-bond donors (Lipinski definition) is 1. The van der Waals surface area contributed by atoms with Crippen LogP contribution in [0.2, 0.25) is 0 Å². The number of hydrazone groups is 1. The lowest BCUT2D eigenvalue weighted by molar-refractivity contribution is -0.121. The third-order valence-corrected chi connectivity index (χ3v) is 3.30. The highest BCUT2D eigenvalue weighted by Gasteiger charge is 2.02. The first-order chi connectivity index (χ1) is 10.3. The van der Waals surface area contributed by atoms with E-state index in [1.807, 2.05) is 60.7 Å². The van der Waals surface area contributed by atoms with Crippen LogP contribution < -0.4 is 5.43 Å². The molecule has 0 saturated heterocycles. The maximum atomic E-state index is 11.7. The normalized spacial score (nSPS) is 12.2. The molecule has 0 spiro atoms. The van der Waals surface area contributed by atoms with Crippen LogP contribution in [-0.4, -0.2) is 12.1 Å². The van der Waals surface area contributed by atoms with Gasteiger partial charge in [-0.05, 0) is 17.5 Å². The van der Waals surface area contributed by atoms with Crippen LogP contribution in [0.5, 0.6) is 0 Å². The molecule has 21 heavy (non-hydrogen) atoms. The third kappa shape index (κ3) is 5.22. The van der Waals surface area contributed by atoms with Crippen molar-refractivity contribution in [1.82, 2.24) is 5.43 Å². The van der Waals surface area contributed by atoms with Crippen molar-refractivity contribution >= 4 is 12.1 Å². The van der Waals surface area contributed by atoms with Gasteiger partial charge in [-0.2, -0.15) is 5.10 Å². The van der Waals surface area contributed by atoms with Gasteiger partial charge < -0.3 is 0 Å². The standard InChI is InChI=1S/C18H20N2O/c1-15(17-10-6-3-7-11-17)14-19-20-18(21)13-12-16-8-4-2-5-9-16/h2-11,14-15H,12-13H2,1H3,(H,20,21). The lowest BCUT2D eigenvalue weighted by Crippen LogP contribution is -2.18. The van der Waals surface area contributed by atoms with Crippen LogP contribution in [0, 0.1) is 0 Å². The van der Waals surface area contributed by atoms with E-state index in [9.17, 15) is 4.79 Å². The van der Waals surface area contributed by atoms with Crippen molar-refractivity contribution in [3.8, 4) is 0 Å². The second-order valence-electron chi connectivity index (χ2n) is 5.00. The molecule has 1 N–H and O–H groups in total. The zero-order valence-corrected chi connectivity index (χ0v) is 12.2. The Hall–Kier alpha value is -2.42. The zero-order chi connectivity index (χ0) is 14.9. The highest BCUT2D eigenvalue weighted by atomic mass is 16.2. The van der Waals surface area contributed by atoms with Gasteiger partial charge in [-0.25, -0.2) is 5.43 Å². The highest BCUT2D eigenvalue weighted by molar-refractivity contribution is 5.77. The fourth-order valence-corrected chi connectivity index (χ4v) is 2.02. The van der Waals surface area contributed by atoms with E-state index in [1.54, 1.807) is 6.21 Å². The number of nitrogens with zero attached hydrogens (tertiary/aromatic N) is 1. The molecule has 0 heterocycles. The number of carbonyl (C=O) groups is 1. The van der Waals surface area contributed by atoms with Crippen molar-refractivity contribution in [2.45, 2.75) is 25.7 Å². The summed E-state index contributed by atoms with van der Waals surface area (Å²) in [5, 5.41) is 4.04. The number of carbonyl (C=O) groups excluding carboxylic acids is 1. The minimum Gasteiger partial charge on any atom is -0.273 e. The van der Waals surface area contributed by atoms with Crippen LogP contribution in [-0.2, 0) is 11.2 Å². The van der Waals surface area contributed by atoms with Crippen LogP contribution in [0.25, 0.3) is 0 Å². The summed E-state index contributed by atoms with van der Waals surface area (Å²) < 4.78 is 0. The molecule has 2 aromatic carbocycles. The molecule has 0 saturated carbocycles. The van der Waals surface area contributed by atoms with E-state index < -0.39 is 0 Å². The lowest BCUT2D eigenvalue weighted by atomic mass is 10.0. The Balaban J connectivity index is 1.75. The Bertz CT molecular complexity index is 579. The number of amides is 1. The Kier molecular flexibility index (Phi) is 5.71. The van der Waals surface area contributed by atoms with Gasteiger partial charge in [-0.15, -0.1) is 0 Å². The van der Waals surface area contributed by atoms with Gasteiger partial charge in [0.2, 0.25) is 5.91 Å². The van der Waals surface area contributed by atoms with Crippen molar-refractivity contribution in [3.05, 3.63) is 71.8 Å². The number of benzene rings is 2. The zero-order valence-electron chi connectivity index (χ0n) is 12.2. The fourth-order valence-electron chi connectivity index (χ4n) is 2.02. The van der Waals surface area contributed by atoms with Gasteiger partial charge in [0.25, 0.3) is 0 Å². The van der Waals surface area contributed by atoms with Gasteiger partial charge in [0.15, 0.2) is 0 Å². The van der Waals surface area contributed by atoms with Gasteiger partial charge in [0.1, 0.15) is 0 Å². The van der Waals surface area contributed by atoms with Crippen molar-refractivity contribution in [1.29, 1.82) is 0 Å². The van der Waals surface area contributed by atoms with E-state index in [1.165, 1.54) is 5.56 Å². The average molecular weight is 280 g/mol. The maximum absolute atomic E-state index is 11.7. The molecule has 0 aliphatic heterocycles. The first-order valence-corrected chi connectivity index (χ1v) is 7.16. The van der Waals surface area contributed by atoms with Crippen LogP contribution in [0.1, 0.15) is 30.4 Å². The van der Waals surface area contributed by atoms with Gasteiger partial charge in [-0.3, -0.25) is 4.79 Å². The molecule has 1 unspecified atom stereocenters. The van der Waals surface area contributed by atoms with E-state index >= 15 is 0 Å². The van der Waals surface area contributed by atoms with E-state index in [-0.39, 0.29) is 11.8 Å². The SMILES string of the molecule is CC(C=NNC(=O)CCc1ccccc1)c1ccccc1. The van der Waals surface area contributed by atoms with Crippen molar-refractivity contribution in [3.63, 3.8) is 0 Å². The largest absolute Gasteiger partial charge is 0.273 e. The predicted octanol–water partition coefficient (Wildman–Crippen LogP) is 3.52. The summed E-state index contributed by atoms with van der Waals surface area (Å²) in [4.78, 5) is 11.7. The molecule has 0 radical (unpaired) electrons. The third-order valence-electron chi connectivity index (χ3n) is 3.30. The monoisotopic (exact) mass is 280 g/mol. The molecule has 0 aliphatic carbocycles. The van der Waals surface area contributed by atoms with E-state index in [4.69, 9.17) is 0 Å². The highest BCUT2D eigenvalue weighted by Crippen LogP contribution is 2.11. The van der Waals surface area contributed by atoms with Crippen LogP contribution in [0.3, 0.4) is 0 Å². The maximum Gasteiger partial charge on any atom is 0.240 e. The molecule has 0 aromatic heterocycles. The minimum atomic E-state index is -0.0598. The molecule has 2 rings (SSSR count). The molecule has 3 heteroatoms. The number of nitrogens with one attached hydrogen (secondary N) is 1. The first kappa shape index (κ1) is 15.0. The summed E-state index contributed by atoms with van der Waals surface area (Å²) in [6, 6.07) is 20.1. The Morgan fingerprint density at radius 3 is 2.38 bits per heavy atom. The molecule has 2 aromatic rings. The Morgan fingerprint density at radius 2 is 1.71 bits per heavy atom. The fraction of sp³-hybridized carbons (Fsp3) is 0.222. The van der Waals surface area contributed by atoms with Gasteiger partial charge >= 0.3 is 0 Å². The quantitative estimate of drug-likeness (QED) is 0.638. The lowest BCUT2D eigenvalue weighted by Gasteiger charge is -2.05. The summed E-state index contributed by atoms with van der Waals surface area (Å²) in [5.74, 6) is 0.121. The van der Waals surface area contributed by atoms with Crippen molar-refractivity contribution in [2.24, 2.45) is 5.10 Å². The van der Waals surface area contributed by atoms with Crippen LogP contribution >= 0.6 is 0 Å². The Morgan fingerprint density at radius 1 is 1.10 bits per heavy atom. The van der Waals surface area contributed by atoms with Gasteiger partial charge in [0.05, 0.1) is 0 Å². The molecule has 0 bridgehead atoms. The molecule has 0 fully saturated rings. The summed E-state index contributed by atoms with van der Waals surface area (Å²) in [6.07, 6.45) is 2.94. The minimum absolute atomic E-state index is 0.0598. The Labute approximate surface area is 125 Å². The molecule has 1 amide bonds. The molecule has 0 aliphatic rings. The molecule has 3 nitrogen and oxygen atoms in total. The van der Waals surface area contributed by atoms with Crippen LogP contribution in [0.4, 0.5) is 0 Å². The summed E-state index contributed by atoms with van der Waals surface area (Å²) in [6.45, 7) is 2.05. The summed E-state index contributed by atoms with van der Waals surface area (Å²) in [7, 11) is 0. The summed E-state index contributed by atoms with van der Waals surface area (Å²) >= 11 is 0. The number of hydrogen-bond acceptors (Lipinski definition) is 2. The summed E-state index contributed by atoms with van der Waals surface area (Å²) in [5.41, 5.74) is 4.93. The van der Waals surface area contributed by atoms with E-state index in [0.29, 0.717) is 6.42 Å². The van der Waals surface area contributed by atoms with Crippen molar-refractivity contribution < 1.29 is 4.79 Å². The van der Waals surface area contributed by atoms with Crippen LogP contribution in [0.15, 0.2) is 65.8 Å². The number of aryl methyl sites for hydroxylation is 1. The van der Waals surface area contributed by atoms with Gasteiger partial charge in [0, 0.05) is 18.6 Å². The molecule has 1 atom stereocenters. The topological polar surface area (TPSA) is 41.5 Å². The second-order valence-corrected chi connectivity index (χ2v) is 5.00. The van der Waals surface area contributed by atoms with Gasteiger partial charge in [-0.1, -0.05) is 67.6 Å². The molecular weight excluding hydrogens is 260 g/mol. The molecular formula is C18H20N2O. The van der Waals surface area contributed by atoms with E-state index in [0.717, 1.165) is 12.0 Å². The predicted molar refractivity (Wildman–Crippen MR) is 86.3 cm³/mol. The van der Waals surface area contributed by atoms with Crippen molar-refractivity contribution in [2.75, 3.05) is 0 Å². The smallest absolute Gasteiger partial charge is 0.240 e. The van der Waals surface area contributed by atoms with E-state index in [2.05, 4.69) is 17.5 Å². The molecule has 108 valence electrons. The second kappa shape index (κ2) is 8.00. The average Bonchev–Trinajstić information content (AvgIpc) is 2.54. The first-order valence-electron chi connectivity index (χ1n) is 7.16.